The molecule has 0 aliphatic heterocycles. The molecule has 1 amide bonds. The zero-order chi connectivity index (χ0) is 14.3. The van der Waals surface area contributed by atoms with Crippen molar-refractivity contribution >= 4 is 16.8 Å². The molecule has 3 nitrogen and oxygen atoms in total. The number of hydrogen-bond donors (Lipinski definition) is 1. The maximum Gasteiger partial charge on any atom is 0.250 e. The number of benzene rings is 2. The number of nitrogens with zero attached hydrogens (tertiary/aromatic N) is 1. The van der Waals surface area contributed by atoms with Gasteiger partial charge in [0, 0.05) is 24.1 Å². The molecule has 0 radical (unpaired) electrons. The molecule has 0 aliphatic carbocycles. The van der Waals surface area contributed by atoms with Gasteiger partial charge in [-0.3, -0.25) is 4.79 Å². The van der Waals surface area contributed by atoms with Gasteiger partial charge in [0.05, 0.1) is 5.56 Å². The highest BCUT2D eigenvalue weighted by molar-refractivity contribution is 6.07. The third-order valence-corrected chi connectivity index (χ3v) is 3.43. The van der Waals surface area contributed by atoms with E-state index in [1.165, 1.54) is 12.1 Å². The Labute approximate surface area is 115 Å². The normalized spacial score (nSPS) is 10.9. The predicted octanol–water partition coefficient (Wildman–Crippen LogP) is 3.08. The highest BCUT2D eigenvalue weighted by Crippen LogP contribution is 2.27. The monoisotopic (exact) mass is 268 g/mol. The van der Waals surface area contributed by atoms with Gasteiger partial charge in [-0.25, -0.2) is 4.39 Å². The van der Waals surface area contributed by atoms with Gasteiger partial charge in [-0.1, -0.05) is 18.2 Å². The second-order valence-corrected chi connectivity index (χ2v) is 4.76. The van der Waals surface area contributed by atoms with Crippen molar-refractivity contribution in [3.05, 3.63) is 60.0 Å². The fraction of sp³-hybridized carbons (Fsp3) is 0.0625. The molecule has 2 N–H and O–H groups in total. The third kappa shape index (κ3) is 1.95. The summed E-state index contributed by atoms with van der Waals surface area (Å²) in [7, 11) is 1.87. The number of aryl methyl sites for hydroxylation is 1. The molecule has 0 saturated heterocycles. The van der Waals surface area contributed by atoms with E-state index in [2.05, 4.69) is 0 Å². The molecule has 0 unspecified atom stereocenters. The van der Waals surface area contributed by atoms with Crippen LogP contribution in [0, 0.1) is 5.82 Å². The summed E-state index contributed by atoms with van der Waals surface area (Å²) in [6.07, 6.45) is 1.72. The summed E-state index contributed by atoms with van der Waals surface area (Å²) < 4.78 is 14.8. The van der Waals surface area contributed by atoms with Crippen molar-refractivity contribution in [2.45, 2.75) is 0 Å². The standard InChI is InChI=1S/C16H13FN2O/c1-19-9-14(16(18)20)13-8-11(4-7-15(13)19)10-2-5-12(17)6-3-10/h2-9H,1H3,(H2,18,20). The fourth-order valence-electron chi connectivity index (χ4n) is 2.41. The maximum atomic E-state index is 13.0. The third-order valence-electron chi connectivity index (χ3n) is 3.43. The average molecular weight is 268 g/mol. The summed E-state index contributed by atoms with van der Waals surface area (Å²) in [5.41, 5.74) is 8.65. The molecule has 3 rings (SSSR count). The van der Waals surface area contributed by atoms with E-state index < -0.39 is 5.91 Å². The number of carbonyl (C=O) groups is 1. The largest absolute Gasteiger partial charge is 0.366 e. The SMILES string of the molecule is Cn1cc(C(N)=O)c2cc(-c3ccc(F)cc3)ccc21. The molecule has 20 heavy (non-hydrogen) atoms. The molecule has 0 saturated carbocycles. The quantitative estimate of drug-likeness (QED) is 0.762. The molecule has 3 aromatic rings. The van der Waals surface area contributed by atoms with Gasteiger partial charge in [0.2, 0.25) is 0 Å². The van der Waals surface area contributed by atoms with Gasteiger partial charge in [-0.2, -0.15) is 0 Å². The second-order valence-electron chi connectivity index (χ2n) is 4.76. The van der Waals surface area contributed by atoms with Gasteiger partial charge < -0.3 is 10.3 Å². The van der Waals surface area contributed by atoms with Crippen LogP contribution in [0.2, 0.25) is 0 Å². The zero-order valence-corrected chi connectivity index (χ0v) is 10.9. The first-order valence-corrected chi connectivity index (χ1v) is 6.21. The van der Waals surface area contributed by atoms with Crippen molar-refractivity contribution in [2.75, 3.05) is 0 Å². The van der Waals surface area contributed by atoms with Crippen molar-refractivity contribution in [2.24, 2.45) is 12.8 Å². The van der Waals surface area contributed by atoms with Crippen LogP contribution in [-0.4, -0.2) is 10.5 Å². The first kappa shape index (κ1) is 12.4. The Kier molecular flexibility index (Phi) is 2.79. The van der Waals surface area contributed by atoms with Crippen LogP contribution in [0.4, 0.5) is 4.39 Å². The van der Waals surface area contributed by atoms with E-state index in [9.17, 15) is 9.18 Å². The van der Waals surface area contributed by atoms with E-state index in [4.69, 9.17) is 5.73 Å². The number of rotatable bonds is 2. The van der Waals surface area contributed by atoms with E-state index in [1.807, 2.05) is 29.8 Å². The number of nitrogens with two attached hydrogens (primary N) is 1. The molecule has 4 heteroatoms. The molecule has 2 aromatic carbocycles. The van der Waals surface area contributed by atoms with Gasteiger partial charge in [0.25, 0.3) is 5.91 Å². The average Bonchev–Trinajstić information content (AvgIpc) is 2.77. The highest BCUT2D eigenvalue weighted by Gasteiger charge is 2.12. The molecule has 0 atom stereocenters. The van der Waals surface area contributed by atoms with Crippen LogP contribution in [0.1, 0.15) is 10.4 Å². The van der Waals surface area contributed by atoms with Gasteiger partial charge in [-0.05, 0) is 35.4 Å². The molecule has 0 fully saturated rings. The van der Waals surface area contributed by atoms with Gasteiger partial charge in [-0.15, -0.1) is 0 Å². The van der Waals surface area contributed by atoms with Crippen LogP contribution in [-0.2, 0) is 7.05 Å². The van der Waals surface area contributed by atoms with E-state index in [-0.39, 0.29) is 5.82 Å². The molecule has 1 heterocycles. The van der Waals surface area contributed by atoms with Crippen molar-refractivity contribution in [3.8, 4) is 11.1 Å². The Balaban J connectivity index is 2.21. The number of carbonyl (C=O) groups excluding carboxylic acids is 1. The van der Waals surface area contributed by atoms with Crippen molar-refractivity contribution in [1.82, 2.24) is 4.57 Å². The van der Waals surface area contributed by atoms with E-state index in [0.29, 0.717) is 5.56 Å². The Morgan fingerprint density at radius 1 is 1.10 bits per heavy atom. The lowest BCUT2D eigenvalue weighted by Gasteiger charge is -2.03. The molecular formula is C16H13FN2O. The van der Waals surface area contributed by atoms with E-state index in [0.717, 1.165) is 22.0 Å². The molecule has 0 aliphatic rings. The summed E-state index contributed by atoms with van der Waals surface area (Å²) in [6.45, 7) is 0. The van der Waals surface area contributed by atoms with Crippen LogP contribution in [0.3, 0.4) is 0 Å². The number of halogens is 1. The summed E-state index contributed by atoms with van der Waals surface area (Å²) in [6, 6.07) is 12.0. The summed E-state index contributed by atoms with van der Waals surface area (Å²) in [4.78, 5) is 11.5. The first-order chi connectivity index (χ1) is 9.56. The van der Waals surface area contributed by atoms with Crippen molar-refractivity contribution < 1.29 is 9.18 Å². The maximum absolute atomic E-state index is 13.0. The predicted molar refractivity (Wildman–Crippen MR) is 76.8 cm³/mol. The van der Waals surface area contributed by atoms with Crippen LogP contribution in [0.5, 0.6) is 0 Å². The minimum Gasteiger partial charge on any atom is -0.366 e. The number of hydrogen-bond acceptors (Lipinski definition) is 1. The lowest BCUT2D eigenvalue weighted by atomic mass is 10.0. The lowest BCUT2D eigenvalue weighted by Crippen LogP contribution is -2.10. The molecular weight excluding hydrogens is 255 g/mol. The van der Waals surface area contributed by atoms with Crippen LogP contribution in [0.15, 0.2) is 48.7 Å². The molecule has 0 bridgehead atoms. The minimum atomic E-state index is -0.452. The summed E-state index contributed by atoms with van der Waals surface area (Å²) in [5, 5.41) is 0.807. The highest BCUT2D eigenvalue weighted by atomic mass is 19.1. The van der Waals surface area contributed by atoms with E-state index in [1.54, 1.807) is 18.3 Å². The zero-order valence-electron chi connectivity index (χ0n) is 10.9. The molecule has 0 spiro atoms. The Hall–Kier alpha value is -2.62. The van der Waals surface area contributed by atoms with Crippen molar-refractivity contribution in [3.63, 3.8) is 0 Å². The topological polar surface area (TPSA) is 48.0 Å². The van der Waals surface area contributed by atoms with Crippen molar-refractivity contribution in [1.29, 1.82) is 0 Å². The van der Waals surface area contributed by atoms with Gasteiger partial charge in [0.15, 0.2) is 0 Å². The molecule has 1 aromatic heterocycles. The minimum absolute atomic E-state index is 0.271. The summed E-state index contributed by atoms with van der Waals surface area (Å²) in [5.74, 6) is -0.723. The second kappa shape index (κ2) is 4.49. The Morgan fingerprint density at radius 2 is 1.75 bits per heavy atom. The Bertz CT molecular complexity index is 803. The summed E-state index contributed by atoms with van der Waals surface area (Å²) >= 11 is 0. The van der Waals surface area contributed by atoms with Crippen LogP contribution >= 0.6 is 0 Å². The van der Waals surface area contributed by atoms with E-state index >= 15 is 0 Å². The number of amides is 1. The first-order valence-electron chi connectivity index (χ1n) is 6.21. The smallest absolute Gasteiger partial charge is 0.250 e. The molecule has 100 valence electrons. The lowest BCUT2D eigenvalue weighted by molar-refractivity contribution is 0.100. The number of fused-ring (bicyclic) bond motifs is 1. The Morgan fingerprint density at radius 3 is 2.40 bits per heavy atom. The van der Waals surface area contributed by atoms with Crippen LogP contribution < -0.4 is 5.73 Å². The number of primary amides is 1. The van der Waals surface area contributed by atoms with Gasteiger partial charge in [0.1, 0.15) is 5.82 Å². The van der Waals surface area contributed by atoms with Crippen LogP contribution in [0.25, 0.3) is 22.0 Å². The fourth-order valence-corrected chi connectivity index (χ4v) is 2.41. The number of aromatic nitrogens is 1. The van der Waals surface area contributed by atoms with Gasteiger partial charge >= 0.3 is 0 Å².